The minimum atomic E-state index is -0.522. The molecule has 2 amide bonds. The summed E-state index contributed by atoms with van der Waals surface area (Å²) in [6.45, 7) is 3.65. The zero-order valence-corrected chi connectivity index (χ0v) is 14.7. The number of anilines is 2. The van der Waals surface area contributed by atoms with Crippen LogP contribution in [0.15, 0.2) is 24.3 Å². The molecule has 0 unspecified atom stereocenters. The number of hydrogen-bond acceptors (Lipinski definition) is 4. The first-order valence-corrected chi connectivity index (χ1v) is 8.29. The molecule has 0 fully saturated rings. The van der Waals surface area contributed by atoms with Gasteiger partial charge in [0, 0.05) is 17.3 Å². The predicted molar refractivity (Wildman–Crippen MR) is 96.8 cm³/mol. The van der Waals surface area contributed by atoms with Crippen molar-refractivity contribution in [3.05, 3.63) is 24.3 Å². The maximum atomic E-state index is 11.9. The van der Waals surface area contributed by atoms with Crippen LogP contribution in [0, 0.1) is 5.92 Å². The molecule has 0 bridgehead atoms. The van der Waals surface area contributed by atoms with E-state index < -0.39 is 6.04 Å². The number of amides is 2. The Morgan fingerprint density at radius 3 is 2.23 bits per heavy atom. The lowest BCUT2D eigenvalue weighted by molar-refractivity contribution is -0.119. The molecule has 7 heteroatoms. The van der Waals surface area contributed by atoms with Crippen LogP contribution in [0.1, 0.15) is 20.3 Å². The van der Waals surface area contributed by atoms with Gasteiger partial charge in [-0.25, -0.2) is 0 Å². The zero-order valence-electron chi connectivity index (χ0n) is 13.1. The molecule has 1 atom stereocenters. The van der Waals surface area contributed by atoms with Crippen LogP contribution in [-0.4, -0.2) is 29.9 Å². The maximum Gasteiger partial charge on any atom is 0.241 e. The lowest BCUT2D eigenvalue weighted by Crippen LogP contribution is -2.36. The van der Waals surface area contributed by atoms with Gasteiger partial charge in [0.25, 0.3) is 0 Å². The standard InChI is InChI=1S/C15H23N3O2S.ClH/c1-10(2)14(19)17-11-5-4-6-12(9-11)18-15(20)13(16)7-8-21-3;/h4-6,9-10,13H,7-8,16H2,1-3H3,(H,17,19)(H,18,20);1H/t13-;/m0./s1. The molecule has 0 heterocycles. The lowest BCUT2D eigenvalue weighted by atomic mass is 10.2. The van der Waals surface area contributed by atoms with Gasteiger partial charge in [-0.1, -0.05) is 19.9 Å². The Morgan fingerprint density at radius 1 is 1.18 bits per heavy atom. The van der Waals surface area contributed by atoms with Gasteiger partial charge in [-0.05, 0) is 36.6 Å². The molecule has 0 spiro atoms. The molecule has 1 rings (SSSR count). The van der Waals surface area contributed by atoms with Gasteiger partial charge >= 0.3 is 0 Å². The van der Waals surface area contributed by atoms with E-state index in [2.05, 4.69) is 10.6 Å². The SMILES string of the molecule is CSCC[C@H](N)C(=O)Nc1cccc(NC(=O)C(C)C)c1.Cl. The van der Waals surface area contributed by atoms with Crippen molar-refractivity contribution in [2.75, 3.05) is 22.6 Å². The molecule has 0 aliphatic rings. The van der Waals surface area contributed by atoms with Gasteiger partial charge in [-0.3, -0.25) is 9.59 Å². The molecule has 124 valence electrons. The summed E-state index contributed by atoms with van der Waals surface area (Å²) >= 11 is 1.66. The van der Waals surface area contributed by atoms with Crippen molar-refractivity contribution in [2.24, 2.45) is 11.7 Å². The molecular weight excluding hydrogens is 322 g/mol. The van der Waals surface area contributed by atoms with Crippen LogP contribution in [0.25, 0.3) is 0 Å². The third-order valence-corrected chi connectivity index (χ3v) is 3.54. The molecule has 0 aliphatic heterocycles. The van der Waals surface area contributed by atoms with Gasteiger partial charge in [0.2, 0.25) is 11.8 Å². The topological polar surface area (TPSA) is 84.2 Å². The Morgan fingerprint density at radius 2 is 1.73 bits per heavy atom. The van der Waals surface area contributed by atoms with Crippen molar-refractivity contribution < 1.29 is 9.59 Å². The largest absolute Gasteiger partial charge is 0.326 e. The van der Waals surface area contributed by atoms with Gasteiger partial charge in [0.05, 0.1) is 6.04 Å². The Balaban J connectivity index is 0.00000441. The van der Waals surface area contributed by atoms with Crippen molar-refractivity contribution in [3.63, 3.8) is 0 Å². The van der Waals surface area contributed by atoms with Crippen LogP contribution in [0.2, 0.25) is 0 Å². The van der Waals surface area contributed by atoms with Gasteiger partial charge in [-0.2, -0.15) is 11.8 Å². The Labute approximate surface area is 142 Å². The van der Waals surface area contributed by atoms with Crippen LogP contribution in [-0.2, 0) is 9.59 Å². The first-order valence-electron chi connectivity index (χ1n) is 6.90. The number of halogens is 1. The van der Waals surface area contributed by atoms with Crippen LogP contribution >= 0.6 is 24.2 Å². The van der Waals surface area contributed by atoms with Crippen molar-refractivity contribution in [1.29, 1.82) is 0 Å². The van der Waals surface area contributed by atoms with E-state index in [0.29, 0.717) is 17.8 Å². The molecule has 0 aliphatic carbocycles. The second kappa shape index (κ2) is 10.5. The van der Waals surface area contributed by atoms with Gasteiger partial charge in [0.15, 0.2) is 0 Å². The summed E-state index contributed by atoms with van der Waals surface area (Å²) < 4.78 is 0. The summed E-state index contributed by atoms with van der Waals surface area (Å²) in [6, 6.07) is 6.53. The fourth-order valence-corrected chi connectivity index (χ4v) is 2.06. The summed E-state index contributed by atoms with van der Waals surface area (Å²) in [6.07, 6.45) is 2.61. The summed E-state index contributed by atoms with van der Waals surface area (Å²) in [7, 11) is 0. The summed E-state index contributed by atoms with van der Waals surface area (Å²) in [5.41, 5.74) is 7.10. The van der Waals surface area contributed by atoms with Crippen molar-refractivity contribution >= 4 is 47.4 Å². The normalized spacial score (nSPS) is 11.5. The smallest absolute Gasteiger partial charge is 0.241 e. The number of nitrogens with one attached hydrogen (secondary N) is 2. The molecular formula is C15H24ClN3O2S. The number of rotatable bonds is 7. The van der Waals surface area contributed by atoms with E-state index in [-0.39, 0.29) is 30.1 Å². The number of nitrogens with two attached hydrogens (primary N) is 1. The van der Waals surface area contributed by atoms with E-state index in [4.69, 9.17) is 5.73 Å². The summed E-state index contributed by atoms with van der Waals surface area (Å²) in [4.78, 5) is 23.6. The average Bonchev–Trinajstić information content (AvgIpc) is 2.44. The molecule has 1 aromatic carbocycles. The number of hydrogen-bond donors (Lipinski definition) is 3. The highest BCUT2D eigenvalue weighted by Crippen LogP contribution is 2.16. The molecule has 0 radical (unpaired) electrons. The maximum absolute atomic E-state index is 11.9. The average molecular weight is 346 g/mol. The number of benzene rings is 1. The van der Waals surface area contributed by atoms with Gasteiger partial charge in [0.1, 0.15) is 0 Å². The van der Waals surface area contributed by atoms with E-state index in [0.717, 1.165) is 5.75 Å². The highest BCUT2D eigenvalue weighted by atomic mass is 35.5. The highest BCUT2D eigenvalue weighted by Gasteiger charge is 2.13. The monoisotopic (exact) mass is 345 g/mol. The quantitative estimate of drug-likeness (QED) is 0.709. The molecule has 4 N–H and O–H groups in total. The third-order valence-electron chi connectivity index (χ3n) is 2.89. The molecule has 0 aromatic heterocycles. The molecule has 0 saturated heterocycles. The zero-order chi connectivity index (χ0) is 15.8. The Hall–Kier alpha value is -1.24. The van der Waals surface area contributed by atoms with Crippen molar-refractivity contribution in [3.8, 4) is 0 Å². The van der Waals surface area contributed by atoms with E-state index in [1.165, 1.54) is 0 Å². The highest BCUT2D eigenvalue weighted by molar-refractivity contribution is 7.98. The van der Waals surface area contributed by atoms with Crippen LogP contribution in [0.3, 0.4) is 0 Å². The van der Waals surface area contributed by atoms with Gasteiger partial charge < -0.3 is 16.4 Å². The second-order valence-electron chi connectivity index (χ2n) is 5.10. The fourth-order valence-electron chi connectivity index (χ4n) is 1.57. The third kappa shape index (κ3) is 7.15. The minimum Gasteiger partial charge on any atom is -0.326 e. The summed E-state index contributed by atoms with van der Waals surface area (Å²) in [5.74, 6) is 0.480. The molecule has 5 nitrogen and oxygen atoms in total. The predicted octanol–water partition coefficient (Wildman–Crippen LogP) is 2.72. The van der Waals surface area contributed by atoms with E-state index in [1.54, 1.807) is 36.0 Å². The van der Waals surface area contributed by atoms with E-state index in [1.807, 2.05) is 20.1 Å². The molecule has 22 heavy (non-hydrogen) atoms. The number of thioether (sulfide) groups is 1. The van der Waals surface area contributed by atoms with Crippen molar-refractivity contribution in [2.45, 2.75) is 26.3 Å². The second-order valence-corrected chi connectivity index (χ2v) is 6.09. The fraction of sp³-hybridized carbons (Fsp3) is 0.467. The van der Waals surface area contributed by atoms with E-state index in [9.17, 15) is 9.59 Å². The van der Waals surface area contributed by atoms with Crippen LogP contribution in [0.4, 0.5) is 11.4 Å². The molecule has 1 aromatic rings. The minimum absolute atomic E-state index is 0. The Bertz CT molecular complexity index is 497. The first-order chi connectivity index (χ1) is 9.93. The Kier molecular flexibility index (Phi) is 9.89. The first kappa shape index (κ1) is 20.8. The van der Waals surface area contributed by atoms with Crippen LogP contribution < -0.4 is 16.4 Å². The number of carbonyl (C=O) groups excluding carboxylic acids is 2. The number of carbonyl (C=O) groups is 2. The summed E-state index contributed by atoms with van der Waals surface area (Å²) in [5, 5.41) is 5.56. The lowest BCUT2D eigenvalue weighted by Gasteiger charge is -2.13. The van der Waals surface area contributed by atoms with Crippen LogP contribution in [0.5, 0.6) is 0 Å². The molecule has 0 saturated carbocycles. The van der Waals surface area contributed by atoms with Crippen molar-refractivity contribution in [1.82, 2.24) is 0 Å². The van der Waals surface area contributed by atoms with E-state index >= 15 is 0 Å². The van der Waals surface area contributed by atoms with Gasteiger partial charge in [-0.15, -0.1) is 12.4 Å².